The molecule has 3 aromatic carbocycles. The van der Waals surface area contributed by atoms with Crippen molar-refractivity contribution < 1.29 is 4.74 Å². The molecule has 7 heteroatoms. The Morgan fingerprint density at radius 1 is 1.00 bits per heavy atom. The topological polar surface area (TPSA) is 68.5 Å². The van der Waals surface area contributed by atoms with Gasteiger partial charge in [-0.05, 0) is 54.7 Å². The van der Waals surface area contributed by atoms with Gasteiger partial charge in [0.25, 0.3) is 5.56 Å². The normalized spacial score (nSPS) is 15.7. The van der Waals surface area contributed by atoms with Crippen LogP contribution >= 0.6 is 15.9 Å². The Balaban J connectivity index is 1.58. The van der Waals surface area contributed by atoms with Gasteiger partial charge in [0.1, 0.15) is 5.75 Å². The van der Waals surface area contributed by atoms with E-state index in [4.69, 9.17) is 9.72 Å². The SMILES string of the molecule is COc1ccccc1-n1c(N/N=C/c2ccc(Br)cc2)nc2c(c1=O)C1(CCCCC1)Cc1ccccc1-2. The zero-order chi connectivity index (χ0) is 26.1. The third-order valence-corrected chi connectivity index (χ3v) is 8.33. The summed E-state index contributed by atoms with van der Waals surface area (Å²) in [6.07, 6.45) is 8.02. The highest BCUT2D eigenvalue weighted by molar-refractivity contribution is 9.10. The van der Waals surface area contributed by atoms with E-state index in [-0.39, 0.29) is 11.0 Å². The largest absolute Gasteiger partial charge is 0.495 e. The van der Waals surface area contributed by atoms with E-state index in [1.165, 1.54) is 12.0 Å². The van der Waals surface area contributed by atoms with E-state index < -0.39 is 0 Å². The van der Waals surface area contributed by atoms with E-state index in [9.17, 15) is 4.79 Å². The Kier molecular flexibility index (Phi) is 6.62. The molecule has 0 aliphatic heterocycles. The number of hydrazone groups is 1. The molecule has 6 rings (SSSR count). The van der Waals surface area contributed by atoms with Crippen LogP contribution in [0.3, 0.4) is 0 Å². The molecule has 2 aliphatic rings. The number of para-hydroxylation sites is 2. The third kappa shape index (κ3) is 4.35. The van der Waals surface area contributed by atoms with Gasteiger partial charge in [0.15, 0.2) is 0 Å². The van der Waals surface area contributed by atoms with Gasteiger partial charge in [0.05, 0.1) is 30.3 Å². The van der Waals surface area contributed by atoms with E-state index in [1.54, 1.807) is 17.9 Å². The number of rotatable bonds is 5. The van der Waals surface area contributed by atoms with Crippen molar-refractivity contribution >= 4 is 28.1 Å². The minimum absolute atomic E-state index is 0.0581. The highest BCUT2D eigenvalue weighted by atomic mass is 79.9. The Morgan fingerprint density at radius 3 is 2.53 bits per heavy atom. The average Bonchev–Trinajstić information content (AvgIpc) is 2.94. The third-order valence-electron chi connectivity index (χ3n) is 7.80. The fraction of sp³-hybridized carbons (Fsp3) is 0.258. The minimum Gasteiger partial charge on any atom is -0.495 e. The molecule has 0 bridgehead atoms. The van der Waals surface area contributed by atoms with Gasteiger partial charge in [-0.3, -0.25) is 4.79 Å². The molecule has 192 valence electrons. The minimum atomic E-state index is -0.213. The van der Waals surface area contributed by atoms with Gasteiger partial charge < -0.3 is 4.74 Å². The molecule has 6 nitrogen and oxygen atoms in total. The van der Waals surface area contributed by atoms with Crippen LogP contribution < -0.4 is 15.7 Å². The first-order valence-electron chi connectivity index (χ1n) is 13.0. The smallest absolute Gasteiger partial charge is 0.264 e. The summed E-state index contributed by atoms with van der Waals surface area (Å²) in [5, 5.41) is 4.48. The first-order valence-corrected chi connectivity index (χ1v) is 13.8. The molecule has 2 aliphatic carbocycles. The molecular formula is C31H29BrN4O2. The molecule has 38 heavy (non-hydrogen) atoms. The number of fused-ring (bicyclic) bond motifs is 4. The number of halogens is 1. The predicted octanol–water partition coefficient (Wildman–Crippen LogP) is 6.87. The summed E-state index contributed by atoms with van der Waals surface area (Å²) in [5.41, 5.74) is 8.27. The predicted molar refractivity (Wildman–Crippen MR) is 156 cm³/mol. The summed E-state index contributed by atoms with van der Waals surface area (Å²) in [6, 6.07) is 23.8. The second-order valence-corrected chi connectivity index (χ2v) is 11.0. The maximum absolute atomic E-state index is 14.6. The molecule has 0 amide bonds. The molecule has 0 saturated heterocycles. The van der Waals surface area contributed by atoms with Crippen LogP contribution in [0, 0.1) is 0 Å². The summed E-state index contributed by atoms with van der Waals surface area (Å²) < 4.78 is 8.31. The van der Waals surface area contributed by atoms with E-state index in [2.05, 4.69) is 44.7 Å². The van der Waals surface area contributed by atoms with Crippen LogP contribution in [0.25, 0.3) is 16.9 Å². The van der Waals surface area contributed by atoms with Gasteiger partial charge in [0, 0.05) is 15.5 Å². The molecule has 1 fully saturated rings. The first kappa shape index (κ1) is 24.6. The number of ether oxygens (including phenoxy) is 1. The summed E-state index contributed by atoms with van der Waals surface area (Å²) >= 11 is 3.47. The quantitative estimate of drug-likeness (QED) is 0.210. The van der Waals surface area contributed by atoms with Crippen molar-refractivity contribution in [1.29, 1.82) is 0 Å². The lowest BCUT2D eigenvalue weighted by molar-refractivity contribution is 0.284. The molecule has 0 unspecified atom stereocenters. The number of nitrogens with one attached hydrogen (secondary N) is 1. The lowest BCUT2D eigenvalue weighted by Gasteiger charge is -2.42. The molecule has 1 spiro atoms. The van der Waals surface area contributed by atoms with E-state index in [0.717, 1.165) is 59.0 Å². The molecule has 1 heterocycles. The lowest BCUT2D eigenvalue weighted by atomic mass is 9.62. The summed E-state index contributed by atoms with van der Waals surface area (Å²) in [4.78, 5) is 19.8. The van der Waals surface area contributed by atoms with Crippen molar-refractivity contribution in [3.05, 3.63) is 104 Å². The fourth-order valence-electron chi connectivity index (χ4n) is 6.03. The van der Waals surface area contributed by atoms with Gasteiger partial charge in [0.2, 0.25) is 5.95 Å². The number of nitrogens with zero attached hydrogens (tertiary/aromatic N) is 3. The first-order chi connectivity index (χ1) is 18.6. The number of anilines is 1. The second-order valence-electron chi connectivity index (χ2n) is 10.1. The molecule has 1 aromatic heterocycles. The Bertz CT molecular complexity index is 1570. The van der Waals surface area contributed by atoms with Crippen molar-refractivity contribution in [1.82, 2.24) is 9.55 Å². The van der Waals surface area contributed by atoms with E-state index in [0.29, 0.717) is 17.4 Å². The number of hydrogen-bond donors (Lipinski definition) is 1. The van der Waals surface area contributed by atoms with Crippen LogP contribution in [0.4, 0.5) is 5.95 Å². The number of aromatic nitrogens is 2. The average molecular weight is 570 g/mol. The summed E-state index contributed by atoms with van der Waals surface area (Å²) in [6.45, 7) is 0. The molecule has 1 saturated carbocycles. The van der Waals surface area contributed by atoms with Crippen LogP contribution in [0.15, 0.2) is 87.2 Å². The van der Waals surface area contributed by atoms with Gasteiger partial charge in [-0.2, -0.15) is 5.10 Å². The van der Waals surface area contributed by atoms with Crippen LogP contribution in [0.5, 0.6) is 5.75 Å². The molecular weight excluding hydrogens is 540 g/mol. The summed E-state index contributed by atoms with van der Waals surface area (Å²) in [7, 11) is 1.62. The maximum Gasteiger partial charge on any atom is 0.264 e. The van der Waals surface area contributed by atoms with Crippen molar-refractivity contribution in [2.45, 2.75) is 43.9 Å². The number of methoxy groups -OCH3 is 1. The van der Waals surface area contributed by atoms with Crippen molar-refractivity contribution in [2.24, 2.45) is 5.10 Å². The van der Waals surface area contributed by atoms with Crippen molar-refractivity contribution in [2.75, 3.05) is 12.5 Å². The van der Waals surface area contributed by atoms with Crippen LogP contribution in [0.1, 0.15) is 48.8 Å². The highest BCUT2D eigenvalue weighted by Crippen LogP contribution is 2.49. The van der Waals surface area contributed by atoms with E-state index in [1.807, 2.05) is 54.6 Å². The Labute approximate surface area is 230 Å². The standard InChI is InChI=1S/C31H29BrN4O2/c1-38-26-12-6-5-11-25(26)36-29(37)27-28(34-30(36)35-33-20-21-13-15-23(32)16-14-21)24-10-4-3-9-22(24)19-31(27)17-7-2-8-18-31/h3-6,9-16,20H,2,7-8,17-19H2,1H3,(H,34,35)/b33-20+. The molecule has 0 atom stereocenters. The summed E-state index contributed by atoms with van der Waals surface area (Å²) in [5.74, 6) is 0.958. The lowest BCUT2D eigenvalue weighted by Crippen LogP contribution is -2.43. The zero-order valence-corrected chi connectivity index (χ0v) is 22.9. The van der Waals surface area contributed by atoms with Gasteiger partial charge >= 0.3 is 0 Å². The highest BCUT2D eigenvalue weighted by Gasteiger charge is 2.43. The Hall–Kier alpha value is -3.71. The van der Waals surface area contributed by atoms with E-state index >= 15 is 0 Å². The van der Waals surface area contributed by atoms with Crippen molar-refractivity contribution in [3.63, 3.8) is 0 Å². The van der Waals surface area contributed by atoms with Crippen LogP contribution in [0.2, 0.25) is 0 Å². The van der Waals surface area contributed by atoms with Gasteiger partial charge in [-0.1, -0.05) is 83.7 Å². The van der Waals surface area contributed by atoms with Gasteiger partial charge in [-0.15, -0.1) is 0 Å². The second kappa shape index (κ2) is 10.2. The molecule has 0 radical (unpaired) electrons. The zero-order valence-electron chi connectivity index (χ0n) is 21.3. The molecule has 1 N–H and O–H groups in total. The van der Waals surface area contributed by atoms with Gasteiger partial charge in [-0.25, -0.2) is 15.0 Å². The maximum atomic E-state index is 14.6. The van der Waals surface area contributed by atoms with Crippen molar-refractivity contribution in [3.8, 4) is 22.7 Å². The number of benzene rings is 3. The van der Waals surface area contributed by atoms with Crippen LogP contribution in [-0.2, 0) is 11.8 Å². The molecule has 4 aromatic rings. The monoisotopic (exact) mass is 568 g/mol. The Morgan fingerprint density at radius 2 is 1.74 bits per heavy atom. The fourth-order valence-corrected chi connectivity index (χ4v) is 6.30. The number of hydrogen-bond acceptors (Lipinski definition) is 5. The van der Waals surface area contributed by atoms with Crippen LogP contribution in [-0.4, -0.2) is 22.9 Å².